The first-order valence-electron chi connectivity index (χ1n) is 9.26. The van der Waals surface area contributed by atoms with Crippen LogP contribution in [0.2, 0.25) is 5.02 Å². The van der Waals surface area contributed by atoms with Crippen molar-refractivity contribution < 1.29 is 0 Å². The van der Waals surface area contributed by atoms with E-state index in [1.54, 1.807) is 0 Å². The SMILES string of the molecule is CC(=Nc1c(C)cccc1C)c1cccc(C(C)=Nc2c(C)cccc2Cl)n1. The molecule has 0 atom stereocenters. The normalized spacial score (nSPS) is 12.4. The summed E-state index contributed by atoms with van der Waals surface area (Å²) in [6.07, 6.45) is 0. The molecule has 0 unspecified atom stereocenters. The first-order chi connectivity index (χ1) is 13.4. The van der Waals surface area contributed by atoms with Gasteiger partial charge in [0, 0.05) is 0 Å². The van der Waals surface area contributed by atoms with Gasteiger partial charge in [-0.25, -0.2) is 9.98 Å². The number of para-hydroxylation sites is 2. The highest BCUT2D eigenvalue weighted by molar-refractivity contribution is 6.33. The smallest absolute Gasteiger partial charge is 0.0849 e. The van der Waals surface area contributed by atoms with E-state index in [1.165, 1.54) is 0 Å². The summed E-state index contributed by atoms with van der Waals surface area (Å²) >= 11 is 6.32. The fourth-order valence-electron chi connectivity index (χ4n) is 3.03. The molecule has 3 nitrogen and oxygen atoms in total. The average molecular weight is 390 g/mol. The number of aliphatic imine (C=N–C) groups is 2. The largest absolute Gasteiger partial charge is 0.251 e. The highest BCUT2D eigenvalue weighted by atomic mass is 35.5. The van der Waals surface area contributed by atoms with Crippen LogP contribution < -0.4 is 0 Å². The van der Waals surface area contributed by atoms with Crippen LogP contribution in [0.3, 0.4) is 0 Å². The van der Waals surface area contributed by atoms with Crippen LogP contribution in [0.15, 0.2) is 64.6 Å². The van der Waals surface area contributed by atoms with Gasteiger partial charge in [0.1, 0.15) is 0 Å². The quantitative estimate of drug-likeness (QED) is 0.445. The Labute approximate surface area is 171 Å². The molecule has 0 amide bonds. The van der Waals surface area contributed by atoms with Gasteiger partial charge in [-0.05, 0) is 69.5 Å². The van der Waals surface area contributed by atoms with Gasteiger partial charge in [0.05, 0.1) is 39.2 Å². The first-order valence-corrected chi connectivity index (χ1v) is 9.64. The molecule has 3 aromatic rings. The molecule has 0 bridgehead atoms. The maximum Gasteiger partial charge on any atom is 0.0849 e. The van der Waals surface area contributed by atoms with Crippen LogP contribution in [0.5, 0.6) is 0 Å². The third-order valence-electron chi connectivity index (χ3n) is 4.68. The second-order valence-corrected chi connectivity index (χ2v) is 7.36. The van der Waals surface area contributed by atoms with Gasteiger partial charge in [-0.2, -0.15) is 0 Å². The summed E-state index contributed by atoms with van der Waals surface area (Å²) in [4.78, 5) is 14.3. The summed E-state index contributed by atoms with van der Waals surface area (Å²) in [6, 6.07) is 17.9. The molecule has 0 aliphatic carbocycles. The van der Waals surface area contributed by atoms with Gasteiger partial charge in [-0.3, -0.25) is 4.99 Å². The van der Waals surface area contributed by atoms with Gasteiger partial charge in [0.25, 0.3) is 0 Å². The Morgan fingerprint density at radius 3 is 1.64 bits per heavy atom. The highest BCUT2D eigenvalue weighted by Crippen LogP contribution is 2.29. The van der Waals surface area contributed by atoms with Crippen molar-refractivity contribution in [2.45, 2.75) is 34.6 Å². The van der Waals surface area contributed by atoms with E-state index >= 15 is 0 Å². The van der Waals surface area contributed by atoms with Crippen molar-refractivity contribution in [3.05, 3.63) is 87.7 Å². The van der Waals surface area contributed by atoms with Gasteiger partial charge in [-0.1, -0.05) is 48.0 Å². The van der Waals surface area contributed by atoms with Crippen LogP contribution in [0.4, 0.5) is 11.4 Å². The summed E-state index contributed by atoms with van der Waals surface area (Å²) in [6.45, 7) is 10.1. The molecular formula is C24H24ClN3. The van der Waals surface area contributed by atoms with E-state index in [4.69, 9.17) is 26.6 Å². The number of rotatable bonds is 4. The van der Waals surface area contributed by atoms with Gasteiger partial charge < -0.3 is 0 Å². The minimum absolute atomic E-state index is 0.642. The third kappa shape index (κ3) is 4.37. The molecule has 0 spiro atoms. The Balaban J connectivity index is 1.98. The zero-order valence-electron chi connectivity index (χ0n) is 16.9. The van der Waals surface area contributed by atoms with Crippen molar-refractivity contribution in [3.63, 3.8) is 0 Å². The lowest BCUT2D eigenvalue weighted by molar-refractivity contribution is 1.23. The maximum absolute atomic E-state index is 6.32. The minimum atomic E-state index is 0.642. The fourth-order valence-corrected chi connectivity index (χ4v) is 3.30. The van der Waals surface area contributed by atoms with E-state index in [9.17, 15) is 0 Å². The lowest BCUT2D eigenvalue weighted by Gasteiger charge is -2.08. The van der Waals surface area contributed by atoms with E-state index in [1.807, 2.05) is 57.2 Å². The van der Waals surface area contributed by atoms with Crippen LogP contribution in [0, 0.1) is 20.8 Å². The Bertz CT molecular complexity index is 958. The summed E-state index contributed by atoms with van der Waals surface area (Å²) in [5.74, 6) is 0. The predicted octanol–water partition coefficient (Wildman–Crippen LogP) is 6.94. The fraction of sp³-hybridized carbons (Fsp3) is 0.208. The molecule has 4 heteroatoms. The lowest BCUT2D eigenvalue weighted by Crippen LogP contribution is -2.05. The van der Waals surface area contributed by atoms with Crippen LogP contribution >= 0.6 is 11.6 Å². The van der Waals surface area contributed by atoms with E-state index < -0.39 is 0 Å². The molecule has 1 heterocycles. The molecule has 0 aliphatic rings. The topological polar surface area (TPSA) is 37.6 Å². The summed E-state index contributed by atoms with van der Waals surface area (Å²) in [7, 11) is 0. The molecule has 0 fully saturated rings. The molecule has 142 valence electrons. The van der Waals surface area contributed by atoms with E-state index in [0.717, 1.165) is 50.9 Å². The zero-order valence-corrected chi connectivity index (χ0v) is 17.7. The minimum Gasteiger partial charge on any atom is -0.251 e. The average Bonchev–Trinajstić information content (AvgIpc) is 2.67. The monoisotopic (exact) mass is 389 g/mol. The molecular weight excluding hydrogens is 366 g/mol. The van der Waals surface area contributed by atoms with Gasteiger partial charge in [-0.15, -0.1) is 0 Å². The van der Waals surface area contributed by atoms with E-state index in [2.05, 4.69) is 32.0 Å². The van der Waals surface area contributed by atoms with Crippen molar-refractivity contribution in [3.8, 4) is 0 Å². The Kier molecular flexibility index (Phi) is 6.05. The number of pyridine rings is 1. The molecule has 3 rings (SSSR count). The predicted molar refractivity (Wildman–Crippen MR) is 120 cm³/mol. The number of aromatic nitrogens is 1. The summed E-state index contributed by atoms with van der Waals surface area (Å²) < 4.78 is 0. The molecule has 0 saturated carbocycles. The van der Waals surface area contributed by atoms with Crippen LogP contribution in [0.25, 0.3) is 0 Å². The van der Waals surface area contributed by atoms with Crippen molar-refractivity contribution in [2.75, 3.05) is 0 Å². The molecule has 0 saturated heterocycles. The van der Waals surface area contributed by atoms with Crippen LogP contribution in [-0.4, -0.2) is 16.4 Å². The second kappa shape index (κ2) is 8.49. The number of benzene rings is 2. The van der Waals surface area contributed by atoms with E-state index in [-0.39, 0.29) is 0 Å². The van der Waals surface area contributed by atoms with Crippen molar-refractivity contribution in [1.29, 1.82) is 0 Å². The lowest BCUT2D eigenvalue weighted by atomic mass is 10.1. The van der Waals surface area contributed by atoms with Crippen LogP contribution in [0.1, 0.15) is 41.9 Å². The molecule has 2 aromatic carbocycles. The summed E-state index contributed by atoms with van der Waals surface area (Å²) in [5.41, 5.74) is 8.48. The summed E-state index contributed by atoms with van der Waals surface area (Å²) in [5, 5.41) is 0.642. The molecule has 28 heavy (non-hydrogen) atoms. The third-order valence-corrected chi connectivity index (χ3v) is 4.98. The van der Waals surface area contributed by atoms with Crippen molar-refractivity contribution >= 4 is 34.4 Å². The van der Waals surface area contributed by atoms with E-state index in [0.29, 0.717) is 5.02 Å². The van der Waals surface area contributed by atoms with Crippen LogP contribution in [-0.2, 0) is 0 Å². The number of nitrogens with zero attached hydrogens (tertiary/aromatic N) is 3. The highest BCUT2D eigenvalue weighted by Gasteiger charge is 2.08. The first kappa shape index (κ1) is 20.0. The molecule has 1 aromatic heterocycles. The molecule has 0 N–H and O–H groups in total. The van der Waals surface area contributed by atoms with Gasteiger partial charge in [0.15, 0.2) is 0 Å². The molecule has 0 radical (unpaired) electrons. The Morgan fingerprint density at radius 2 is 1.11 bits per heavy atom. The Morgan fingerprint density at radius 1 is 0.679 bits per heavy atom. The number of aryl methyl sites for hydroxylation is 3. The van der Waals surface area contributed by atoms with Crippen molar-refractivity contribution in [2.24, 2.45) is 9.98 Å². The Hall–Kier alpha value is -2.78. The second-order valence-electron chi connectivity index (χ2n) is 6.95. The van der Waals surface area contributed by atoms with Gasteiger partial charge in [0.2, 0.25) is 0 Å². The standard InChI is InChI=1S/C24H24ClN3/c1-15-9-6-10-16(2)23(15)26-18(4)21-13-8-14-22(28-21)19(5)27-24-17(3)11-7-12-20(24)25/h6-14H,1-5H3. The number of halogens is 1. The molecule has 0 aliphatic heterocycles. The zero-order chi connectivity index (χ0) is 20.3. The van der Waals surface area contributed by atoms with Crippen molar-refractivity contribution in [1.82, 2.24) is 4.98 Å². The maximum atomic E-state index is 6.32. The van der Waals surface area contributed by atoms with Gasteiger partial charge >= 0.3 is 0 Å². The number of hydrogen-bond acceptors (Lipinski definition) is 3. The number of hydrogen-bond donors (Lipinski definition) is 0.